The van der Waals surface area contributed by atoms with Crippen molar-refractivity contribution in [3.63, 3.8) is 0 Å². The summed E-state index contributed by atoms with van der Waals surface area (Å²) in [6.07, 6.45) is 2.14. The van der Waals surface area contributed by atoms with Gasteiger partial charge < -0.3 is 10.4 Å². The first kappa shape index (κ1) is 15.2. The lowest BCUT2D eigenvalue weighted by Gasteiger charge is -2.37. The average molecular weight is 296 g/mol. The second-order valence-corrected chi connectivity index (χ2v) is 5.61. The molecule has 7 heteroatoms. The number of aliphatic carboxylic acids is 1. The molecular weight excluding hydrogens is 279 g/mol. The van der Waals surface area contributed by atoms with Crippen molar-refractivity contribution in [3.8, 4) is 0 Å². The first-order chi connectivity index (χ1) is 9.84. The Balaban J connectivity index is 2.36. The molecule has 0 amide bonds. The van der Waals surface area contributed by atoms with Crippen LogP contribution in [0.4, 0.5) is 15.8 Å². The van der Waals surface area contributed by atoms with Gasteiger partial charge in [-0.05, 0) is 37.7 Å². The topological polar surface area (TPSA) is 92.5 Å². The summed E-state index contributed by atoms with van der Waals surface area (Å²) in [4.78, 5) is 22.0. The number of anilines is 1. The van der Waals surface area contributed by atoms with E-state index in [-0.39, 0.29) is 11.4 Å². The number of nitro groups is 1. The van der Waals surface area contributed by atoms with Gasteiger partial charge in [-0.1, -0.05) is 6.92 Å². The number of rotatable bonds is 4. The van der Waals surface area contributed by atoms with Crippen molar-refractivity contribution in [1.82, 2.24) is 0 Å². The Labute approximate surface area is 121 Å². The molecule has 0 unspecified atom stereocenters. The standard InChI is InChI=1S/C14H17FN2O4/c1-9-4-6-14(7-5-9,13(18)19)16-11-8-10(15)2-3-12(11)17(20)21/h2-3,8-9,16H,4-7H2,1H3,(H,18,19). The molecule has 1 aliphatic rings. The molecule has 0 aliphatic heterocycles. The van der Waals surface area contributed by atoms with Crippen LogP contribution in [0.5, 0.6) is 0 Å². The zero-order valence-corrected chi connectivity index (χ0v) is 11.6. The number of hydrogen-bond donors (Lipinski definition) is 2. The van der Waals surface area contributed by atoms with E-state index < -0.39 is 22.2 Å². The van der Waals surface area contributed by atoms with Gasteiger partial charge in [0, 0.05) is 12.1 Å². The zero-order valence-electron chi connectivity index (χ0n) is 11.6. The predicted octanol–water partition coefficient (Wildman–Crippen LogP) is 3.18. The molecule has 1 aromatic rings. The van der Waals surface area contributed by atoms with Crippen molar-refractivity contribution in [3.05, 3.63) is 34.1 Å². The Hall–Kier alpha value is -2.18. The maximum absolute atomic E-state index is 13.3. The summed E-state index contributed by atoms with van der Waals surface area (Å²) in [6.45, 7) is 2.04. The summed E-state index contributed by atoms with van der Waals surface area (Å²) in [7, 11) is 0. The van der Waals surface area contributed by atoms with E-state index in [2.05, 4.69) is 5.32 Å². The lowest BCUT2D eigenvalue weighted by molar-refractivity contribution is -0.384. The van der Waals surface area contributed by atoms with Gasteiger partial charge in [-0.3, -0.25) is 10.1 Å². The van der Waals surface area contributed by atoms with Crippen LogP contribution in [0.3, 0.4) is 0 Å². The minimum absolute atomic E-state index is 0.0862. The van der Waals surface area contributed by atoms with Crippen LogP contribution in [0.2, 0.25) is 0 Å². The molecule has 0 saturated heterocycles. The highest BCUT2D eigenvalue weighted by Gasteiger charge is 2.42. The summed E-state index contributed by atoms with van der Waals surface area (Å²) >= 11 is 0. The van der Waals surface area contributed by atoms with Gasteiger partial charge in [0.1, 0.15) is 17.0 Å². The molecule has 1 fully saturated rings. The number of halogens is 1. The van der Waals surface area contributed by atoms with Gasteiger partial charge in [0.05, 0.1) is 4.92 Å². The number of hydrogen-bond acceptors (Lipinski definition) is 4. The summed E-state index contributed by atoms with van der Waals surface area (Å²) in [5, 5.41) is 23.2. The van der Waals surface area contributed by atoms with Crippen molar-refractivity contribution in [1.29, 1.82) is 0 Å². The van der Waals surface area contributed by atoms with Crippen molar-refractivity contribution < 1.29 is 19.2 Å². The maximum Gasteiger partial charge on any atom is 0.329 e. The van der Waals surface area contributed by atoms with Gasteiger partial charge in [0.25, 0.3) is 5.69 Å². The number of nitro benzene ring substituents is 1. The fourth-order valence-electron chi connectivity index (χ4n) is 2.67. The molecule has 2 rings (SSSR count). The lowest BCUT2D eigenvalue weighted by Crippen LogP contribution is -2.49. The fraction of sp³-hybridized carbons (Fsp3) is 0.500. The minimum Gasteiger partial charge on any atom is -0.480 e. The smallest absolute Gasteiger partial charge is 0.329 e. The highest BCUT2D eigenvalue weighted by atomic mass is 19.1. The van der Waals surface area contributed by atoms with Crippen LogP contribution >= 0.6 is 0 Å². The largest absolute Gasteiger partial charge is 0.480 e. The Morgan fingerprint density at radius 1 is 1.48 bits per heavy atom. The molecule has 1 aromatic carbocycles. The molecule has 0 radical (unpaired) electrons. The van der Waals surface area contributed by atoms with Crippen LogP contribution in [-0.2, 0) is 4.79 Å². The summed E-state index contributed by atoms with van der Waals surface area (Å²) < 4.78 is 13.3. The molecule has 114 valence electrons. The Bertz CT molecular complexity index is 568. The van der Waals surface area contributed by atoms with Gasteiger partial charge in [-0.2, -0.15) is 0 Å². The highest BCUT2D eigenvalue weighted by Crippen LogP contribution is 2.37. The zero-order chi connectivity index (χ0) is 15.6. The van der Waals surface area contributed by atoms with Crippen molar-refractivity contribution in [2.75, 3.05) is 5.32 Å². The maximum atomic E-state index is 13.3. The molecule has 1 saturated carbocycles. The Kier molecular flexibility index (Phi) is 4.11. The molecule has 0 spiro atoms. The normalized spacial score (nSPS) is 25.3. The minimum atomic E-state index is -1.27. The van der Waals surface area contributed by atoms with E-state index in [1.54, 1.807) is 0 Å². The highest BCUT2D eigenvalue weighted by molar-refractivity contribution is 5.84. The molecule has 1 aliphatic carbocycles. The van der Waals surface area contributed by atoms with Crippen LogP contribution in [0.15, 0.2) is 18.2 Å². The van der Waals surface area contributed by atoms with E-state index in [1.807, 2.05) is 6.92 Å². The van der Waals surface area contributed by atoms with Crippen LogP contribution in [-0.4, -0.2) is 21.5 Å². The molecule has 0 heterocycles. The number of carboxylic acid groups (broad SMARTS) is 1. The van der Waals surface area contributed by atoms with Crippen LogP contribution in [0.1, 0.15) is 32.6 Å². The van der Waals surface area contributed by atoms with Gasteiger partial charge in [0.15, 0.2) is 0 Å². The lowest BCUT2D eigenvalue weighted by atomic mass is 9.77. The molecule has 0 aromatic heterocycles. The number of benzene rings is 1. The first-order valence-electron chi connectivity index (χ1n) is 6.79. The molecule has 2 N–H and O–H groups in total. The number of nitrogens with zero attached hydrogens (tertiary/aromatic N) is 1. The second kappa shape index (κ2) is 5.67. The third-order valence-electron chi connectivity index (χ3n) is 4.07. The first-order valence-corrected chi connectivity index (χ1v) is 6.79. The van der Waals surface area contributed by atoms with E-state index in [9.17, 15) is 24.4 Å². The van der Waals surface area contributed by atoms with Crippen molar-refractivity contribution in [2.24, 2.45) is 5.92 Å². The van der Waals surface area contributed by atoms with Crippen molar-refractivity contribution in [2.45, 2.75) is 38.1 Å². The second-order valence-electron chi connectivity index (χ2n) is 5.61. The summed E-state index contributed by atoms with van der Waals surface area (Å²) in [5.74, 6) is -1.29. The van der Waals surface area contributed by atoms with Gasteiger partial charge in [-0.25, -0.2) is 9.18 Å². The van der Waals surface area contributed by atoms with E-state index >= 15 is 0 Å². The van der Waals surface area contributed by atoms with E-state index in [1.165, 1.54) is 0 Å². The van der Waals surface area contributed by atoms with E-state index in [0.717, 1.165) is 18.2 Å². The van der Waals surface area contributed by atoms with E-state index in [4.69, 9.17) is 0 Å². The van der Waals surface area contributed by atoms with E-state index in [0.29, 0.717) is 31.6 Å². The third kappa shape index (κ3) is 3.12. The number of carboxylic acids is 1. The van der Waals surface area contributed by atoms with Crippen LogP contribution < -0.4 is 5.32 Å². The average Bonchev–Trinajstić information content (AvgIpc) is 2.41. The molecular formula is C14H17FN2O4. The SMILES string of the molecule is CC1CCC(Nc2cc(F)ccc2[N+](=O)[O-])(C(=O)O)CC1. The van der Waals surface area contributed by atoms with Gasteiger partial charge in [-0.15, -0.1) is 0 Å². The fourth-order valence-corrected chi connectivity index (χ4v) is 2.67. The monoisotopic (exact) mass is 296 g/mol. The molecule has 0 bridgehead atoms. The summed E-state index contributed by atoms with van der Waals surface area (Å²) in [6, 6.07) is 3.00. The molecule has 21 heavy (non-hydrogen) atoms. The number of nitrogens with one attached hydrogen (secondary N) is 1. The third-order valence-corrected chi connectivity index (χ3v) is 4.07. The molecule has 0 atom stereocenters. The predicted molar refractivity (Wildman–Crippen MR) is 74.7 cm³/mol. The van der Waals surface area contributed by atoms with Crippen LogP contribution in [0.25, 0.3) is 0 Å². The van der Waals surface area contributed by atoms with Gasteiger partial charge >= 0.3 is 5.97 Å². The van der Waals surface area contributed by atoms with Gasteiger partial charge in [0.2, 0.25) is 0 Å². The Morgan fingerprint density at radius 2 is 2.10 bits per heavy atom. The number of carbonyl (C=O) groups is 1. The Morgan fingerprint density at radius 3 is 2.62 bits per heavy atom. The quantitative estimate of drug-likeness (QED) is 0.657. The van der Waals surface area contributed by atoms with Crippen LogP contribution in [0, 0.1) is 21.8 Å². The summed E-state index contributed by atoms with van der Waals surface area (Å²) in [5.41, 5.74) is -1.68. The molecule has 6 nitrogen and oxygen atoms in total. The van der Waals surface area contributed by atoms with Crippen molar-refractivity contribution >= 4 is 17.3 Å².